The van der Waals surface area contributed by atoms with E-state index in [4.69, 9.17) is 4.98 Å². The van der Waals surface area contributed by atoms with Gasteiger partial charge in [-0.25, -0.2) is 9.97 Å². The van der Waals surface area contributed by atoms with E-state index < -0.39 is 0 Å². The van der Waals surface area contributed by atoms with E-state index in [0.29, 0.717) is 49.9 Å². The monoisotopic (exact) mass is 484 g/mol. The summed E-state index contributed by atoms with van der Waals surface area (Å²) in [5.74, 6) is 1.22. The van der Waals surface area contributed by atoms with Gasteiger partial charge in [0.05, 0.1) is 21.4 Å². The van der Waals surface area contributed by atoms with Crippen molar-refractivity contribution >= 4 is 60.7 Å². The van der Waals surface area contributed by atoms with Crippen LogP contribution < -0.4 is 11.1 Å². The molecule has 0 aliphatic heterocycles. The molecule has 4 aromatic rings. The molecule has 1 aliphatic carbocycles. The smallest absolute Gasteiger partial charge is 0.263 e. The lowest BCUT2D eigenvalue weighted by molar-refractivity contribution is 0.102. The van der Waals surface area contributed by atoms with Crippen LogP contribution in [0.5, 0.6) is 0 Å². The van der Waals surface area contributed by atoms with Crippen LogP contribution in [0.1, 0.15) is 52.3 Å². The number of hydrogen-bond acceptors (Lipinski definition) is 8. The maximum atomic E-state index is 13.3. The van der Waals surface area contributed by atoms with Crippen molar-refractivity contribution in [3.63, 3.8) is 0 Å². The lowest BCUT2D eigenvalue weighted by Gasteiger charge is -2.10. The van der Waals surface area contributed by atoms with E-state index in [1.165, 1.54) is 41.4 Å². The number of allylic oxidation sites excluding steroid dienone is 1. The highest BCUT2D eigenvalue weighted by Gasteiger charge is 2.29. The summed E-state index contributed by atoms with van der Waals surface area (Å²) in [4.78, 5) is 51.8. The van der Waals surface area contributed by atoms with E-state index in [-0.39, 0.29) is 16.9 Å². The molecular formula is C22H20N4O3S3. The number of carbonyl (C=O) groups is 1. The summed E-state index contributed by atoms with van der Waals surface area (Å²) < 4.78 is 1.64. The molecule has 0 spiro atoms. The zero-order chi connectivity index (χ0) is 22.6. The van der Waals surface area contributed by atoms with Crippen LogP contribution in [0.25, 0.3) is 20.4 Å². The molecular weight excluding hydrogens is 464 g/mol. The molecule has 1 saturated carbocycles. The molecule has 0 aromatic carbocycles. The van der Waals surface area contributed by atoms with Crippen LogP contribution in [0.15, 0.2) is 32.8 Å². The lowest BCUT2D eigenvalue weighted by Crippen LogP contribution is -2.23. The van der Waals surface area contributed by atoms with Crippen LogP contribution in [0.3, 0.4) is 0 Å². The number of aryl methyl sites for hydroxylation is 1. The van der Waals surface area contributed by atoms with E-state index in [0.717, 1.165) is 28.6 Å². The number of ketones is 1. The topological polar surface area (TPSA) is 97.7 Å². The summed E-state index contributed by atoms with van der Waals surface area (Å²) >= 11 is 4.09. The molecule has 1 N–H and O–H groups in total. The second kappa shape index (κ2) is 8.09. The summed E-state index contributed by atoms with van der Waals surface area (Å²) in [6.07, 6.45) is 3.93. The number of nitrogens with one attached hydrogen (secondary N) is 1. The Morgan fingerprint density at radius 1 is 1.31 bits per heavy atom. The molecule has 0 amide bonds. The fourth-order valence-electron chi connectivity index (χ4n) is 3.85. The normalized spacial score (nSPS) is 13.8. The largest absolute Gasteiger partial charge is 0.309 e. The second-order valence-corrected chi connectivity index (χ2v) is 10.6. The van der Waals surface area contributed by atoms with Gasteiger partial charge in [0.25, 0.3) is 11.1 Å². The van der Waals surface area contributed by atoms with Gasteiger partial charge in [0, 0.05) is 6.54 Å². The number of H-pyrrole nitrogens is 1. The number of Topliss-reactive ketones (excluding diaryl/α,β-unsaturated/α-hetero) is 1. The Kier molecular flexibility index (Phi) is 5.39. The lowest BCUT2D eigenvalue weighted by atomic mass is 10.1. The summed E-state index contributed by atoms with van der Waals surface area (Å²) in [6, 6.07) is 0. The van der Waals surface area contributed by atoms with E-state index in [1.54, 1.807) is 17.6 Å². The molecule has 32 heavy (non-hydrogen) atoms. The highest BCUT2D eigenvalue weighted by molar-refractivity contribution is 7.98. The fraction of sp³-hybridized carbons (Fsp3) is 0.318. The van der Waals surface area contributed by atoms with E-state index in [9.17, 15) is 14.4 Å². The second-order valence-electron chi connectivity index (χ2n) is 7.84. The number of carbonyl (C=O) groups excluding carboxylic acids is 1. The molecule has 0 unspecified atom stereocenters. The van der Waals surface area contributed by atoms with E-state index in [2.05, 4.69) is 21.9 Å². The van der Waals surface area contributed by atoms with Crippen molar-refractivity contribution < 1.29 is 4.79 Å². The first-order valence-electron chi connectivity index (χ1n) is 10.2. The van der Waals surface area contributed by atoms with Gasteiger partial charge < -0.3 is 4.98 Å². The fourth-order valence-corrected chi connectivity index (χ4v) is 6.88. The molecule has 10 heteroatoms. The summed E-state index contributed by atoms with van der Waals surface area (Å²) in [5.41, 5.74) is 1.48. The quantitative estimate of drug-likeness (QED) is 0.178. The SMILES string of the molecule is C=CCn1c(SCc2nc3sc(C(C)=O)c(C)c3c(=O)[nH]2)nc2scc(C3CC3)c2c1=O. The molecule has 0 radical (unpaired) electrons. The molecule has 1 aliphatic rings. The Labute approximate surface area is 195 Å². The first-order valence-corrected chi connectivity index (χ1v) is 12.9. The van der Waals surface area contributed by atoms with Crippen molar-refractivity contribution in [2.75, 3.05) is 0 Å². The Bertz CT molecular complexity index is 1520. The van der Waals surface area contributed by atoms with E-state index in [1.807, 2.05) is 0 Å². The summed E-state index contributed by atoms with van der Waals surface area (Å²) in [6.45, 7) is 7.40. The van der Waals surface area contributed by atoms with Crippen molar-refractivity contribution in [3.8, 4) is 0 Å². The van der Waals surface area contributed by atoms with Crippen LogP contribution in [-0.4, -0.2) is 25.3 Å². The third kappa shape index (κ3) is 3.56. The van der Waals surface area contributed by atoms with Crippen LogP contribution in [0.2, 0.25) is 0 Å². The number of thioether (sulfide) groups is 1. The summed E-state index contributed by atoms with van der Waals surface area (Å²) in [7, 11) is 0. The first kappa shape index (κ1) is 21.3. The van der Waals surface area contributed by atoms with Crippen LogP contribution in [0, 0.1) is 6.92 Å². The summed E-state index contributed by atoms with van der Waals surface area (Å²) in [5, 5.41) is 3.81. The van der Waals surface area contributed by atoms with E-state index >= 15 is 0 Å². The molecule has 4 heterocycles. The maximum absolute atomic E-state index is 13.3. The number of aromatic amines is 1. The standard InChI is InChI=1S/C22H20N4O3S3/c1-4-7-26-21(29)16-13(12-5-6-12)8-30-19(16)25-22(26)31-9-14-23-18(28)15-10(2)17(11(3)27)32-20(15)24-14/h4,8,12H,1,5-7,9H2,2-3H3,(H,23,24,28). The third-order valence-corrected chi connectivity index (χ3v) is 8.69. The molecule has 7 nitrogen and oxygen atoms in total. The van der Waals surface area contributed by atoms with Gasteiger partial charge >= 0.3 is 0 Å². The van der Waals surface area contributed by atoms with Gasteiger partial charge in [-0.3, -0.25) is 19.0 Å². The highest BCUT2D eigenvalue weighted by atomic mass is 32.2. The van der Waals surface area contributed by atoms with Crippen molar-refractivity contribution in [2.24, 2.45) is 0 Å². The molecule has 0 saturated heterocycles. The van der Waals surface area contributed by atoms with Gasteiger partial charge in [-0.05, 0) is 49.1 Å². The number of nitrogens with zero attached hydrogens (tertiary/aromatic N) is 3. The van der Waals surface area contributed by atoms with Crippen LogP contribution in [0.4, 0.5) is 0 Å². The number of hydrogen-bond donors (Lipinski definition) is 1. The average molecular weight is 485 g/mol. The van der Waals surface area contributed by atoms with Crippen molar-refractivity contribution in [2.45, 2.75) is 50.1 Å². The Hall–Kier alpha value is -2.56. The number of aromatic nitrogens is 4. The molecule has 1 fully saturated rings. The van der Waals surface area contributed by atoms with Gasteiger partial charge in [-0.1, -0.05) is 17.8 Å². The molecule has 4 aromatic heterocycles. The minimum Gasteiger partial charge on any atom is -0.309 e. The minimum atomic E-state index is -0.258. The molecule has 0 atom stereocenters. The van der Waals surface area contributed by atoms with Crippen molar-refractivity contribution in [1.82, 2.24) is 19.5 Å². The molecule has 0 bridgehead atoms. The van der Waals surface area contributed by atoms with Crippen molar-refractivity contribution in [1.29, 1.82) is 0 Å². The van der Waals surface area contributed by atoms with Gasteiger partial charge in [-0.2, -0.15) is 0 Å². The van der Waals surface area contributed by atoms with Crippen LogP contribution >= 0.6 is 34.4 Å². The number of thiophene rings is 2. The minimum absolute atomic E-state index is 0.0440. The molecule has 5 rings (SSSR count). The highest BCUT2D eigenvalue weighted by Crippen LogP contribution is 2.44. The van der Waals surface area contributed by atoms with Gasteiger partial charge in [0.2, 0.25) is 0 Å². The number of fused-ring (bicyclic) bond motifs is 2. The van der Waals surface area contributed by atoms with Crippen molar-refractivity contribution in [3.05, 3.63) is 60.6 Å². The Morgan fingerprint density at radius 3 is 2.78 bits per heavy atom. The van der Waals surface area contributed by atoms with Gasteiger partial charge in [0.1, 0.15) is 15.5 Å². The van der Waals surface area contributed by atoms with Gasteiger partial charge in [-0.15, -0.1) is 29.3 Å². The average Bonchev–Trinajstić information content (AvgIpc) is 3.41. The number of rotatable bonds is 7. The Morgan fingerprint density at radius 2 is 2.09 bits per heavy atom. The maximum Gasteiger partial charge on any atom is 0.263 e. The molecule has 164 valence electrons. The van der Waals surface area contributed by atoms with Gasteiger partial charge in [0.15, 0.2) is 10.9 Å². The Balaban J connectivity index is 1.52. The third-order valence-electron chi connectivity index (χ3n) is 5.52. The predicted molar refractivity (Wildman–Crippen MR) is 131 cm³/mol. The first-order chi connectivity index (χ1) is 15.4. The predicted octanol–water partition coefficient (Wildman–Crippen LogP) is 4.62. The van der Waals surface area contributed by atoms with Crippen LogP contribution in [-0.2, 0) is 12.3 Å². The zero-order valence-electron chi connectivity index (χ0n) is 17.6. The zero-order valence-corrected chi connectivity index (χ0v) is 20.0.